The van der Waals surface area contributed by atoms with Gasteiger partial charge in [-0.25, -0.2) is 14.2 Å². The standard InChI is InChI=1S/C13H15FN4O3/c1-8(19)16-5-10-6-18(13(20)21-10)9-2-3-12(17-7-15)11(14)4-9/h2-4,7,10H,5-6H2,1H3,(H2,15,17)(H,16,19)/p+1/t10-/m0/s1. The fourth-order valence-corrected chi connectivity index (χ4v) is 1.97. The molecule has 1 aliphatic heterocycles. The van der Waals surface area contributed by atoms with Crippen LogP contribution in [-0.2, 0) is 9.53 Å². The summed E-state index contributed by atoms with van der Waals surface area (Å²) in [6.07, 6.45) is 0.0848. The van der Waals surface area contributed by atoms with Crippen LogP contribution in [0.25, 0.3) is 0 Å². The zero-order valence-corrected chi connectivity index (χ0v) is 11.4. The first-order chi connectivity index (χ1) is 10.0. The average Bonchev–Trinajstić information content (AvgIpc) is 2.80. The number of anilines is 1. The molecule has 1 aromatic rings. The van der Waals surface area contributed by atoms with Crippen LogP contribution in [-0.4, -0.2) is 37.5 Å². The molecule has 0 aliphatic carbocycles. The van der Waals surface area contributed by atoms with E-state index in [1.165, 1.54) is 24.0 Å². The SMILES string of the molecule is CC(=O)NC[C@H]1CN(c2ccc([NH+]=CN)c(F)c2)C(=O)O1. The Balaban J connectivity index is 2.10. The van der Waals surface area contributed by atoms with Crippen molar-refractivity contribution < 1.29 is 23.7 Å². The fraction of sp³-hybridized carbons (Fsp3) is 0.308. The molecule has 4 N–H and O–H groups in total. The van der Waals surface area contributed by atoms with Crippen LogP contribution in [0.5, 0.6) is 0 Å². The van der Waals surface area contributed by atoms with Crippen LogP contribution in [0.15, 0.2) is 18.2 Å². The first-order valence-electron chi connectivity index (χ1n) is 6.33. The number of benzene rings is 1. The Morgan fingerprint density at radius 3 is 3.05 bits per heavy atom. The number of nitrogens with zero attached hydrogens (tertiary/aromatic N) is 1. The van der Waals surface area contributed by atoms with Gasteiger partial charge in [0.05, 0.1) is 18.8 Å². The van der Waals surface area contributed by atoms with Gasteiger partial charge in [0, 0.05) is 13.0 Å². The number of carbonyl (C=O) groups is 2. The summed E-state index contributed by atoms with van der Waals surface area (Å²) in [6.45, 7) is 1.85. The third-order valence-electron chi connectivity index (χ3n) is 2.96. The summed E-state index contributed by atoms with van der Waals surface area (Å²) in [5.74, 6) is -0.740. The van der Waals surface area contributed by atoms with Crippen molar-refractivity contribution in [1.29, 1.82) is 0 Å². The largest absolute Gasteiger partial charge is 0.442 e. The van der Waals surface area contributed by atoms with Crippen molar-refractivity contribution in [3.63, 3.8) is 0 Å². The summed E-state index contributed by atoms with van der Waals surface area (Å²) in [4.78, 5) is 26.5. The molecule has 0 bridgehead atoms. The summed E-state index contributed by atoms with van der Waals surface area (Å²) in [5, 5.41) is 2.57. The maximum atomic E-state index is 13.8. The minimum Gasteiger partial charge on any atom is -0.442 e. The molecule has 1 aromatic carbocycles. The number of cyclic esters (lactones) is 1. The molecule has 21 heavy (non-hydrogen) atoms. The topological polar surface area (TPSA) is 98.6 Å². The Bertz CT molecular complexity index is 591. The Hall–Kier alpha value is -2.64. The number of hydrogen-bond acceptors (Lipinski definition) is 3. The molecule has 0 aromatic heterocycles. The number of rotatable bonds is 4. The molecule has 2 rings (SSSR count). The maximum Gasteiger partial charge on any atom is 0.414 e. The molecule has 1 saturated heterocycles. The summed E-state index contributed by atoms with van der Waals surface area (Å²) < 4.78 is 18.9. The van der Waals surface area contributed by atoms with Crippen molar-refractivity contribution in [1.82, 2.24) is 5.32 Å². The number of amides is 2. The van der Waals surface area contributed by atoms with Crippen LogP contribution in [0, 0.1) is 5.82 Å². The lowest BCUT2D eigenvalue weighted by atomic mass is 10.2. The molecule has 1 atom stereocenters. The molecule has 7 nitrogen and oxygen atoms in total. The summed E-state index contributed by atoms with van der Waals surface area (Å²) in [7, 11) is 0. The van der Waals surface area contributed by atoms with Gasteiger partial charge >= 0.3 is 6.09 Å². The van der Waals surface area contributed by atoms with Crippen molar-refractivity contribution in [2.24, 2.45) is 5.73 Å². The monoisotopic (exact) mass is 295 g/mol. The molecule has 1 heterocycles. The van der Waals surface area contributed by atoms with Crippen LogP contribution in [0.3, 0.4) is 0 Å². The van der Waals surface area contributed by atoms with E-state index in [0.29, 0.717) is 5.69 Å². The van der Waals surface area contributed by atoms with Crippen molar-refractivity contribution in [3.05, 3.63) is 24.0 Å². The zero-order valence-electron chi connectivity index (χ0n) is 11.4. The number of hydrogen-bond donors (Lipinski definition) is 3. The van der Waals surface area contributed by atoms with E-state index < -0.39 is 18.0 Å². The summed E-state index contributed by atoms with van der Waals surface area (Å²) in [6, 6.07) is 4.27. The first-order valence-corrected chi connectivity index (χ1v) is 6.33. The van der Waals surface area contributed by atoms with E-state index >= 15 is 0 Å². The molecule has 0 saturated carbocycles. The zero-order chi connectivity index (χ0) is 15.4. The van der Waals surface area contributed by atoms with E-state index in [2.05, 4.69) is 10.3 Å². The highest BCUT2D eigenvalue weighted by Crippen LogP contribution is 2.24. The Morgan fingerprint density at radius 1 is 1.67 bits per heavy atom. The molecule has 1 fully saturated rings. The predicted octanol–water partition coefficient (Wildman–Crippen LogP) is -1.01. The number of halogens is 1. The summed E-state index contributed by atoms with van der Waals surface area (Å²) in [5.41, 5.74) is 5.76. The minimum absolute atomic E-state index is 0.205. The molecule has 112 valence electrons. The molecular weight excluding hydrogens is 279 g/mol. The van der Waals surface area contributed by atoms with E-state index in [1.807, 2.05) is 0 Å². The quantitative estimate of drug-likeness (QED) is 0.489. The highest BCUT2D eigenvalue weighted by molar-refractivity contribution is 5.90. The van der Waals surface area contributed by atoms with Gasteiger partial charge in [-0.1, -0.05) is 0 Å². The van der Waals surface area contributed by atoms with Crippen molar-refractivity contribution in [2.45, 2.75) is 13.0 Å². The van der Waals surface area contributed by atoms with E-state index in [-0.39, 0.29) is 24.7 Å². The van der Waals surface area contributed by atoms with Gasteiger partial charge in [0.2, 0.25) is 12.2 Å². The number of nitrogens with one attached hydrogen (secondary N) is 2. The normalized spacial score (nSPS) is 18.1. The maximum absolute atomic E-state index is 13.8. The molecule has 8 heteroatoms. The Morgan fingerprint density at radius 2 is 2.43 bits per heavy atom. The van der Waals surface area contributed by atoms with E-state index in [0.717, 1.165) is 6.34 Å². The first kappa shape index (κ1) is 14.8. The lowest BCUT2D eigenvalue weighted by molar-refractivity contribution is -0.351. The van der Waals surface area contributed by atoms with Gasteiger partial charge in [-0.05, 0) is 12.1 Å². The minimum atomic E-state index is -0.573. The Kier molecular flexibility index (Phi) is 4.36. The number of nitrogens with two attached hydrogens (primary N) is 1. The highest BCUT2D eigenvalue weighted by atomic mass is 19.1. The van der Waals surface area contributed by atoms with Gasteiger partial charge in [-0.2, -0.15) is 0 Å². The second-order valence-electron chi connectivity index (χ2n) is 4.53. The second kappa shape index (κ2) is 6.21. The lowest BCUT2D eigenvalue weighted by Crippen LogP contribution is -2.64. The van der Waals surface area contributed by atoms with Crippen molar-refractivity contribution >= 4 is 29.7 Å². The van der Waals surface area contributed by atoms with Crippen LogP contribution in [0.1, 0.15) is 6.92 Å². The van der Waals surface area contributed by atoms with Gasteiger partial charge < -0.3 is 10.1 Å². The van der Waals surface area contributed by atoms with E-state index in [9.17, 15) is 14.0 Å². The van der Waals surface area contributed by atoms with Gasteiger partial charge in [0.15, 0.2) is 11.5 Å². The van der Waals surface area contributed by atoms with Crippen molar-refractivity contribution in [3.8, 4) is 0 Å². The van der Waals surface area contributed by atoms with E-state index in [1.54, 1.807) is 6.07 Å². The Labute approximate surface area is 120 Å². The fourth-order valence-electron chi connectivity index (χ4n) is 1.97. The van der Waals surface area contributed by atoms with Gasteiger partial charge in [0.25, 0.3) is 0 Å². The van der Waals surface area contributed by atoms with Crippen LogP contribution >= 0.6 is 0 Å². The molecular formula is C13H16FN4O3+. The third kappa shape index (κ3) is 3.47. The van der Waals surface area contributed by atoms with Gasteiger partial charge in [-0.3, -0.25) is 15.4 Å². The molecule has 0 radical (unpaired) electrons. The molecule has 0 spiro atoms. The van der Waals surface area contributed by atoms with Crippen LogP contribution in [0.4, 0.5) is 20.6 Å². The lowest BCUT2D eigenvalue weighted by Gasteiger charge is -2.13. The number of ether oxygens (including phenoxy) is 1. The average molecular weight is 295 g/mol. The molecule has 0 unspecified atom stereocenters. The molecule has 1 aliphatic rings. The third-order valence-corrected chi connectivity index (χ3v) is 2.96. The predicted molar refractivity (Wildman–Crippen MR) is 73.6 cm³/mol. The van der Waals surface area contributed by atoms with Gasteiger partial charge in [0.1, 0.15) is 6.10 Å². The smallest absolute Gasteiger partial charge is 0.414 e. The molecule has 2 amide bonds. The van der Waals surface area contributed by atoms with E-state index in [4.69, 9.17) is 10.5 Å². The second-order valence-corrected chi connectivity index (χ2v) is 4.53. The van der Waals surface area contributed by atoms with Crippen molar-refractivity contribution in [2.75, 3.05) is 18.0 Å². The van der Waals surface area contributed by atoms with Crippen LogP contribution in [0.2, 0.25) is 0 Å². The number of carbonyl (C=O) groups excluding carboxylic acids is 2. The van der Waals surface area contributed by atoms with Gasteiger partial charge in [-0.15, -0.1) is 0 Å². The highest BCUT2D eigenvalue weighted by Gasteiger charge is 2.32. The summed E-state index contributed by atoms with van der Waals surface area (Å²) >= 11 is 0. The van der Waals surface area contributed by atoms with Crippen LogP contribution < -0.4 is 20.9 Å².